The van der Waals surface area contributed by atoms with Crippen LogP contribution in [0.4, 0.5) is 0 Å². The number of hydrogen-bond acceptors (Lipinski definition) is 1. The number of hydrogen-bond donors (Lipinski definition) is 1. The third kappa shape index (κ3) is 3.35. The van der Waals surface area contributed by atoms with Crippen LogP contribution >= 0.6 is 0 Å². The highest BCUT2D eigenvalue weighted by Crippen LogP contribution is 2.61. The Hall–Kier alpha value is -0.0400. The molecule has 0 radical (unpaired) electrons. The second-order valence-electron chi connectivity index (χ2n) is 7.98. The van der Waals surface area contributed by atoms with E-state index in [4.69, 9.17) is 0 Å². The van der Waals surface area contributed by atoms with Crippen molar-refractivity contribution in [2.75, 3.05) is 13.1 Å². The summed E-state index contributed by atoms with van der Waals surface area (Å²) in [7, 11) is 0. The van der Waals surface area contributed by atoms with Gasteiger partial charge in [-0.2, -0.15) is 0 Å². The Kier molecular flexibility index (Phi) is 4.51. The third-order valence-corrected chi connectivity index (χ3v) is 6.18. The van der Waals surface area contributed by atoms with Crippen LogP contribution in [0.2, 0.25) is 0 Å². The maximum Gasteiger partial charge on any atom is -0.00487 e. The molecule has 19 heavy (non-hydrogen) atoms. The lowest BCUT2D eigenvalue weighted by Crippen LogP contribution is -2.46. The van der Waals surface area contributed by atoms with Crippen LogP contribution in [-0.2, 0) is 0 Å². The van der Waals surface area contributed by atoms with Gasteiger partial charge in [0, 0.05) is 0 Å². The molecule has 0 saturated heterocycles. The van der Waals surface area contributed by atoms with E-state index in [9.17, 15) is 0 Å². The van der Waals surface area contributed by atoms with E-state index >= 15 is 0 Å². The summed E-state index contributed by atoms with van der Waals surface area (Å²) < 4.78 is 0. The zero-order chi connectivity index (χ0) is 13.1. The van der Waals surface area contributed by atoms with Gasteiger partial charge in [0.25, 0.3) is 0 Å². The van der Waals surface area contributed by atoms with E-state index in [1.807, 2.05) is 0 Å². The molecule has 0 aromatic heterocycles. The molecule has 1 N–H and O–H groups in total. The smallest absolute Gasteiger partial charge is 0.00487 e. The largest absolute Gasteiger partial charge is 0.317 e. The molecule has 0 aromatic rings. The van der Waals surface area contributed by atoms with Gasteiger partial charge < -0.3 is 5.32 Å². The van der Waals surface area contributed by atoms with E-state index in [2.05, 4.69) is 12.2 Å². The topological polar surface area (TPSA) is 12.0 Å². The van der Waals surface area contributed by atoms with Crippen LogP contribution in [-0.4, -0.2) is 13.1 Å². The van der Waals surface area contributed by atoms with E-state index in [0.29, 0.717) is 0 Å². The van der Waals surface area contributed by atoms with Crippen molar-refractivity contribution in [3.05, 3.63) is 0 Å². The van der Waals surface area contributed by atoms with Gasteiger partial charge in [0.2, 0.25) is 0 Å². The second-order valence-corrected chi connectivity index (χ2v) is 7.98. The number of unbranched alkanes of at least 4 members (excludes halogenated alkanes) is 2. The van der Waals surface area contributed by atoms with Crippen molar-refractivity contribution in [3.8, 4) is 0 Å². The maximum atomic E-state index is 3.65. The lowest BCUT2D eigenvalue weighted by Gasteiger charge is -2.57. The van der Waals surface area contributed by atoms with Crippen LogP contribution < -0.4 is 5.32 Å². The number of rotatable bonds is 8. The van der Waals surface area contributed by atoms with Crippen molar-refractivity contribution in [2.24, 2.45) is 23.2 Å². The van der Waals surface area contributed by atoms with Gasteiger partial charge in [-0.05, 0) is 94.0 Å². The van der Waals surface area contributed by atoms with Crippen molar-refractivity contribution >= 4 is 0 Å². The molecular formula is C18H33N. The van der Waals surface area contributed by atoms with Crippen molar-refractivity contribution in [3.63, 3.8) is 0 Å². The molecule has 4 fully saturated rings. The van der Waals surface area contributed by atoms with Gasteiger partial charge in [-0.3, -0.25) is 0 Å². The average Bonchev–Trinajstić information content (AvgIpc) is 2.36. The first kappa shape index (κ1) is 13.9. The molecule has 4 saturated carbocycles. The highest BCUT2D eigenvalue weighted by molar-refractivity contribution is 5.01. The fourth-order valence-electron chi connectivity index (χ4n) is 5.81. The molecule has 1 heteroatoms. The summed E-state index contributed by atoms with van der Waals surface area (Å²) >= 11 is 0. The zero-order valence-electron chi connectivity index (χ0n) is 12.9. The van der Waals surface area contributed by atoms with Crippen LogP contribution in [0, 0.1) is 23.2 Å². The molecule has 4 bridgehead atoms. The zero-order valence-corrected chi connectivity index (χ0v) is 12.9. The lowest BCUT2D eigenvalue weighted by molar-refractivity contribution is -0.0579. The van der Waals surface area contributed by atoms with E-state index in [-0.39, 0.29) is 0 Å². The molecule has 4 rings (SSSR count). The van der Waals surface area contributed by atoms with Crippen LogP contribution in [0.3, 0.4) is 0 Å². The standard InChI is InChI=1S/C18H33N/c1-2-3-4-7-19-8-5-6-18-12-15-9-16(13-18)11-17(10-15)14-18/h15-17,19H,2-14H2,1H3. The summed E-state index contributed by atoms with van der Waals surface area (Å²) in [6.45, 7) is 4.80. The van der Waals surface area contributed by atoms with Gasteiger partial charge in [-0.25, -0.2) is 0 Å². The molecule has 0 unspecified atom stereocenters. The van der Waals surface area contributed by atoms with Crippen molar-refractivity contribution < 1.29 is 0 Å². The predicted molar refractivity (Wildman–Crippen MR) is 82.2 cm³/mol. The quantitative estimate of drug-likeness (QED) is 0.622. The SMILES string of the molecule is CCCCCNCCCC12CC3CC(CC(C3)C1)C2. The monoisotopic (exact) mass is 263 g/mol. The average molecular weight is 263 g/mol. The minimum absolute atomic E-state index is 0.805. The maximum absolute atomic E-state index is 3.65. The lowest BCUT2D eigenvalue weighted by atomic mass is 9.48. The van der Waals surface area contributed by atoms with Gasteiger partial charge in [0.1, 0.15) is 0 Å². The highest BCUT2D eigenvalue weighted by atomic mass is 14.8. The molecular weight excluding hydrogens is 230 g/mol. The fourth-order valence-corrected chi connectivity index (χ4v) is 5.81. The normalized spacial score (nSPS) is 39.9. The molecule has 4 aliphatic carbocycles. The molecule has 110 valence electrons. The minimum atomic E-state index is 0.805. The molecule has 0 atom stereocenters. The molecule has 0 amide bonds. The van der Waals surface area contributed by atoms with Gasteiger partial charge in [0.15, 0.2) is 0 Å². The summed E-state index contributed by atoms with van der Waals surface area (Å²) in [4.78, 5) is 0. The molecule has 0 heterocycles. The Morgan fingerprint density at radius 1 is 0.842 bits per heavy atom. The van der Waals surface area contributed by atoms with Gasteiger partial charge in [-0.15, -0.1) is 0 Å². The summed E-state index contributed by atoms with van der Waals surface area (Å²) in [5, 5.41) is 3.65. The van der Waals surface area contributed by atoms with E-state index in [1.165, 1.54) is 45.2 Å². The van der Waals surface area contributed by atoms with Gasteiger partial charge >= 0.3 is 0 Å². The Labute approximate surface area is 119 Å². The van der Waals surface area contributed by atoms with Crippen LogP contribution in [0.15, 0.2) is 0 Å². The van der Waals surface area contributed by atoms with E-state index in [1.54, 1.807) is 38.5 Å². The summed E-state index contributed by atoms with van der Waals surface area (Å²) in [6, 6.07) is 0. The van der Waals surface area contributed by atoms with Gasteiger partial charge in [0.05, 0.1) is 0 Å². The Morgan fingerprint density at radius 3 is 2.00 bits per heavy atom. The molecule has 0 spiro atoms. The first-order valence-electron chi connectivity index (χ1n) is 9.00. The molecule has 0 aliphatic heterocycles. The fraction of sp³-hybridized carbons (Fsp3) is 1.00. The van der Waals surface area contributed by atoms with Gasteiger partial charge in [-0.1, -0.05) is 19.8 Å². The van der Waals surface area contributed by atoms with Crippen molar-refractivity contribution in [2.45, 2.75) is 77.6 Å². The van der Waals surface area contributed by atoms with Crippen molar-refractivity contribution in [1.29, 1.82) is 0 Å². The van der Waals surface area contributed by atoms with Crippen LogP contribution in [0.1, 0.15) is 77.6 Å². The molecule has 4 aliphatic rings. The first-order valence-corrected chi connectivity index (χ1v) is 9.00. The van der Waals surface area contributed by atoms with E-state index in [0.717, 1.165) is 23.2 Å². The van der Waals surface area contributed by atoms with Crippen LogP contribution in [0.5, 0.6) is 0 Å². The van der Waals surface area contributed by atoms with Crippen LogP contribution in [0.25, 0.3) is 0 Å². The summed E-state index contributed by atoms with van der Waals surface area (Å²) in [6.07, 6.45) is 16.6. The summed E-state index contributed by atoms with van der Waals surface area (Å²) in [5.41, 5.74) is 0.805. The Bertz CT molecular complexity index is 248. The van der Waals surface area contributed by atoms with E-state index < -0.39 is 0 Å². The number of nitrogens with one attached hydrogen (secondary N) is 1. The Balaban J connectivity index is 1.36. The minimum Gasteiger partial charge on any atom is -0.317 e. The molecule has 1 nitrogen and oxygen atoms in total. The van der Waals surface area contributed by atoms with Crippen molar-refractivity contribution in [1.82, 2.24) is 5.32 Å². The second kappa shape index (κ2) is 6.16. The predicted octanol–water partition coefficient (Wildman–Crippen LogP) is 4.76. The first-order chi connectivity index (χ1) is 9.30. The highest BCUT2D eigenvalue weighted by Gasteiger charge is 2.50. The Morgan fingerprint density at radius 2 is 1.42 bits per heavy atom. The summed E-state index contributed by atoms with van der Waals surface area (Å²) in [5.74, 6) is 3.39. The third-order valence-electron chi connectivity index (χ3n) is 6.18. The molecule has 0 aromatic carbocycles.